The monoisotopic (exact) mass is 281 g/mol. The van der Waals surface area contributed by atoms with Crippen LogP contribution in [0.1, 0.15) is 32.3 Å². The molecule has 0 aliphatic rings. The van der Waals surface area contributed by atoms with E-state index in [0.29, 0.717) is 5.02 Å². The number of carboxylic acids is 1. The van der Waals surface area contributed by atoms with Crippen LogP contribution in [0, 0.1) is 0 Å². The molecule has 0 bridgehead atoms. The van der Waals surface area contributed by atoms with Crippen LogP contribution in [0.2, 0.25) is 5.02 Å². The Morgan fingerprint density at radius 3 is 2.74 bits per heavy atom. The lowest BCUT2D eigenvalue weighted by Crippen LogP contribution is -2.24. The maximum atomic E-state index is 10.6. The smallest absolute Gasteiger partial charge is 0.328 e. The summed E-state index contributed by atoms with van der Waals surface area (Å²) in [5.41, 5.74) is 1.87. The molecule has 1 rings (SSSR count). The molecule has 0 heterocycles. The van der Waals surface area contributed by atoms with Crippen molar-refractivity contribution in [3.63, 3.8) is 0 Å². The third-order valence-electron chi connectivity index (χ3n) is 2.90. The van der Waals surface area contributed by atoms with Gasteiger partial charge in [-0.1, -0.05) is 24.9 Å². The maximum absolute atomic E-state index is 10.6. The molecule has 0 atom stereocenters. The van der Waals surface area contributed by atoms with Gasteiger partial charge in [0, 0.05) is 29.9 Å². The molecule has 4 heteroatoms. The van der Waals surface area contributed by atoms with E-state index in [1.165, 1.54) is 0 Å². The van der Waals surface area contributed by atoms with E-state index in [0.717, 1.165) is 43.3 Å². The van der Waals surface area contributed by atoms with Crippen LogP contribution < -0.4 is 4.90 Å². The summed E-state index contributed by atoms with van der Waals surface area (Å²) in [6.07, 6.45) is 4.98. The molecule has 104 valence electrons. The van der Waals surface area contributed by atoms with Gasteiger partial charge in [0.1, 0.15) is 0 Å². The van der Waals surface area contributed by atoms with E-state index in [-0.39, 0.29) is 0 Å². The predicted molar refractivity (Wildman–Crippen MR) is 80.9 cm³/mol. The highest BCUT2D eigenvalue weighted by molar-refractivity contribution is 6.30. The number of hydrogen-bond acceptors (Lipinski definition) is 2. The first kappa shape index (κ1) is 15.6. The van der Waals surface area contributed by atoms with Crippen molar-refractivity contribution in [1.29, 1.82) is 0 Å². The Kier molecular flexibility index (Phi) is 6.43. The second-order valence-electron chi connectivity index (χ2n) is 4.31. The quantitative estimate of drug-likeness (QED) is 0.766. The van der Waals surface area contributed by atoms with Crippen molar-refractivity contribution >= 4 is 29.3 Å². The first-order valence-corrected chi connectivity index (χ1v) is 6.91. The van der Waals surface area contributed by atoms with Crippen molar-refractivity contribution in [2.45, 2.75) is 26.7 Å². The largest absolute Gasteiger partial charge is 0.478 e. The van der Waals surface area contributed by atoms with Gasteiger partial charge in [-0.05, 0) is 43.2 Å². The second-order valence-corrected chi connectivity index (χ2v) is 4.74. The van der Waals surface area contributed by atoms with Gasteiger partial charge < -0.3 is 10.0 Å². The minimum absolute atomic E-state index is 0.611. The topological polar surface area (TPSA) is 40.5 Å². The van der Waals surface area contributed by atoms with E-state index in [2.05, 4.69) is 18.7 Å². The summed E-state index contributed by atoms with van der Waals surface area (Å²) in [5.74, 6) is -0.956. The van der Waals surface area contributed by atoms with Crippen molar-refractivity contribution in [2.24, 2.45) is 0 Å². The number of unbranched alkanes of at least 4 members (excludes halogenated alkanes) is 1. The lowest BCUT2D eigenvalue weighted by atomic mass is 10.1. The van der Waals surface area contributed by atoms with Crippen molar-refractivity contribution in [3.05, 3.63) is 34.9 Å². The van der Waals surface area contributed by atoms with Crippen molar-refractivity contribution in [2.75, 3.05) is 18.0 Å². The Bertz CT molecular complexity index is 457. The third-order valence-corrected chi connectivity index (χ3v) is 3.13. The van der Waals surface area contributed by atoms with Crippen LogP contribution in [0.15, 0.2) is 24.3 Å². The van der Waals surface area contributed by atoms with Gasteiger partial charge in [-0.3, -0.25) is 0 Å². The molecular formula is C15H20ClNO2. The summed E-state index contributed by atoms with van der Waals surface area (Å²) < 4.78 is 0. The average Bonchev–Trinajstić information content (AvgIpc) is 2.38. The zero-order chi connectivity index (χ0) is 14.3. The fourth-order valence-corrected chi connectivity index (χ4v) is 2.09. The molecule has 0 fully saturated rings. The number of carboxylic acid groups (broad SMARTS) is 1. The fraction of sp³-hybridized carbons (Fsp3) is 0.400. The zero-order valence-corrected chi connectivity index (χ0v) is 12.2. The van der Waals surface area contributed by atoms with Gasteiger partial charge >= 0.3 is 5.97 Å². The Hall–Kier alpha value is -1.48. The number of halogens is 1. The summed E-state index contributed by atoms with van der Waals surface area (Å²) in [6, 6.07) is 5.58. The lowest BCUT2D eigenvalue weighted by Gasteiger charge is -2.25. The van der Waals surface area contributed by atoms with Gasteiger partial charge in [0.05, 0.1) is 0 Å². The Balaban J connectivity index is 3.06. The summed E-state index contributed by atoms with van der Waals surface area (Å²) >= 11 is 5.98. The number of anilines is 1. The van der Waals surface area contributed by atoms with Gasteiger partial charge in [-0.15, -0.1) is 0 Å². The minimum Gasteiger partial charge on any atom is -0.478 e. The van der Waals surface area contributed by atoms with Gasteiger partial charge in [-0.25, -0.2) is 4.79 Å². The highest BCUT2D eigenvalue weighted by Crippen LogP contribution is 2.26. The lowest BCUT2D eigenvalue weighted by molar-refractivity contribution is -0.131. The molecule has 3 nitrogen and oxygen atoms in total. The first-order chi connectivity index (χ1) is 9.08. The van der Waals surface area contributed by atoms with Crippen LogP contribution in [0.25, 0.3) is 6.08 Å². The van der Waals surface area contributed by atoms with Gasteiger partial charge in [-0.2, -0.15) is 0 Å². The molecule has 0 aliphatic carbocycles. The van der Waals surface area contributed by atoms with Crippen LogP contribution in [0.5, 0.6) is 0 Å². The van der Waals surface area contributed by atoms with Gasteiger partial charge in [0.2, 0.25) is 0 Å². The maximum Gasteiger partial charge on any atom is 0.328 e. The van der Waals surface area contributed by atoms with Crippen molar-refractivity contribution in [1.82, 2.24) is 0 Å². The summed E-state index contributed by atoms with van der Waals surface area (Å²) in [7, 11) is 0. The minimum atomic E-state index is -0.956. The number of rotatable bonds is 7. The number of benzene rings is 1. The molecule has 0 spiro atoms. The molecule has 1 N–H and O–H groups in total. The van der Waals surface area contributed by atoms with Crippen LogP contribution in [0.3, 0.4) is 0 Å². The van der Waals surface area contributed by atoms with E-state index >= 15 is 0 Å². The normalized spacial score (nSPS) is 10.9. The van der Waals surface area contributed by atoms with E-state index in [9.17, 15) is 4.79 Å². The fourth-order valence-electron chi connectivity index (χ4n) is 1.91. The van der Waals surface area contributed by atoms with Gasteiger partial charge in [0.25, 0.3) is 0 Å². The third kappa shape index (κ3) is 4.95. The summed E-state index contributed by atoms with van der Waals surface area (Å²) in [5, 5.41) is 9.35. The standard InChI is InChI=1S/C15H20ClNO2/c1-3-5-10-17(4-2)14-8-7-13(16)11-12(14)6-9-15(18)19/h6-9,11H,3-5,10H2,1-2H3,(H,18,19)/b9-6+. The summed E-state index contributed by atoms with van der Waals surface area (Å²) in [6.45, 7) is 6.09. The predicted octanol–water partition coefficient (Wildman–Crippen LogP) is 4.06. The van der Waals surface area contributed by atoms with Crippen molar-refractivity contribution in [3.8, 4) is 0 Å². The molecule has 0 radical (unpaired) electrons. The summed E-state index contributed by atoms with van der Waals surface area (Å²) in [4.78, 5) is 12.9. The molecule has 1 aromatic carbocycles. The highest BCUT2D eigenvalue weighted by atomic mass is 35.5. The zero-order valence-electron chi connectivity index (χ0n) is 11.4. The van der Waals surface area contributed by atoms with Gasteiger partial charge in [0.15, 0.2) is 0 Å². The van der Waals surface area contributed by atoms with Crippen LogP contribution in [-0.4, -0.2) is 24.2 Å². The van der Waals surface area contributed by atoms with Crippen LogP contribution in [-0.2, 0) is 4.79 Å². The number of carbonyl (C=O) groups is 1. The molecular weight excluding hydrogens is 262 g/mol. The molecule has 0 unspecified atom stereocenters. The SMILES string of the molecule is CCCCN(CC)c1ccc(Cl)cc1/C=C/C(=O)O. The Morgan fingerprint density at radius 1 is 1.42 bits per heavy atom. The molecule has 0 amide bonds. The molecule has 0 aliphatic heterocycles. The molecule has 0 aromatic heterocycles. The van der Waals surface area contributed by atoms with Crippen LogP contribution >= 0.6 is 11.6 Å². The number of hydrogen-bond donors (Lipinski definition) is 1. The molecule has 0 saturated heterocycles. The molecule has 1 aromatic rings. The Morgan fingerprint density at radius 2 is 2.16 bits per heavy atom. The first-order valence-electron chi connectivity index (χ1n) is 6.54. The van der Waals surface area contributed by atoms with E-state index in [1.807, 2.05) is 12.1 Å². The molecule has 19 heavy (non-hydrogen) atoms. The van der Waals surface area contributed by atoms with E-state index in [4.69, 9.17) is 16.7 Å². The Labute approximate surface area is 119 Å². The van der Waals surface area contributed by atoms with Crippen molar-refractivity contribution < 1.29 is 9.90 Å². The van der Waals surface area contributed by atoms with Crippen LogP contribution in [0.4, 0.5) is 5.69 Å². The molecule has 0 saturated carbocycles. The second kappa shape index (κ2) is 7.85. The average molecular weight is 282 g/mol. The van der Waals surface area contributed by atoms with E-state index < -0.39 is 5.97 Å². The number of nitrogens with zero attached hydrogens (tertiary/aromatic N) is 1. The number of aliphatic carboxylic acids is 1. The highest BCUT2D eigenvalue weighted by Gasteiger charge is 2.08. The van der Waals surface area contributed by atoms with E-state index in [1.54, 1.807) is 12.1 Å².